The molecule has 0 fully saturated rings. The maximum absolute atomic E-state index is 0. The SMILES string of the molecule is O.O.O.O.[Al+3].[O-2]. The van der Waals surface area contributed by atoms with Gasteiger partial charge in [-0.1, -0.05) is 0 Å². The van der Waals surface area contributed by atoms with Gasteiger partial charge in [-0.3, -0.25) is 0 Å². The van der Waals surface area contributed by atoms with Gasteiger partial charge in [0.25, 0.3) is 0 Å². The molecule has 0 radical (unpaired) electrons. The quantitative estimate of drug-likeness (QED) is 0.284. The minimum Gasteiger partial charge on any atom is -2.00 e. The Kier molecular flexibility index (Phi) is 246000. The monoisotopic (exact) mass is 115 g/mol. The molecular formula is H8AlO5+. The minimum atomic E-state index is 0. The molecule has 0 aromatic rings. The number of hydrogen-bond donors (Lipinski definition) is 0. The summed E-state index contributed by atoms with van der Waals surface area (Å²) in [5, 5.41) is 0. The van der Waals surface area contributed by atoms with Gasteiger partial charge in [0, 0.05) is 0 Å². The van der Waals surface area contributed by atoms with Crippen LogP contribution in [0.25, 0.3) is 0 Å². The van der Waals surface area contributed by atoms with Crippen molar-refractivity contribution in [1.29, 1.82) is 0 Å². The normalized spacial score (nSPS) is 0. The van der Waals surface area contributed by atoms with Gasteiger partial charge in [-0.05, 0) is 0 Å². The van der Waals surface area contributed by atoms with Crippen LogP contribution in [0.1, 0.15) is 0 Å². The summed E-state index contributed by atoms with van der Waals surface area (Å²) in [5.74, 6) is 0. The smallest absolute Gasteiger partial charge is 2.00 e. The van der Waals surface area contributed by atoms with E-state index in [1.807, 2.05) is 0 Å². The molecule has 8 N–H and O–H groups in total. The van der Waals surface area contributed by atoms with E-state index in [2.05, 4.69) is 0 Å². The molecule has 6 heteroatoms. The third kappa shape index (κ3) is 435. The summed E-state index contributed by atoms with van der Waals surface area (Å²) in [6.45, 7) is 0. The van der Waals surface area contributed by atoms with Crippen molar-refractivity contribution in [2.24, 2.45) is 0 Å². The average Bonchev–Trinajstić information content (AvgIpc) is 0. The average molecular weight is 115 g/mol. The van der Waals surface area contributed by atoms with E-state index >= 15 is 0 Å². The Hall–Kier alpha value is 0.332. The first-order valence-corrected chi connectivity index (χ1v) is 0. The molecule has 0 aromatic heterocycles. The molecule has 0 saturated heterocycles. The fraction of sp³-hybridized carbons (Fsp3) is 0. The van der Waals surface area contributed by atoms with Gasteiger partial charge >= 0.3 is 17.4 Å². The molecule has 0 aromatic carbocycles. The molecule has 0 rings (SSSR count). The van der Waals surface area contributed by atoms with Crippen LogP contribution < -0.4 is 0 Å². The van der Waals surface area contributed by atoms with Gasteiger partial charge in [0.05, 0.1) is 0 Å². The molecule has 0 aliphatic heterocycles. The Morgan fingerprint density at radius 1 is 0.500 bits per heavy atom. The molecule has 0 heterocycles. The first kappa shape index (κ1) is 1630. The molecule has 0 aliphatic rings. The molecule has 0 amide bonds. The van der Waals surface area contributed by atoms with Crippen LogP contribution >= 0.6 is 0 Å². The van der Waals surface area contributed by atoms with Crippen LogP contribution in [0, 0.1) is 0 Å². The Morgan fingerprint density at radius 3 is 0.500 bits per heavy atom. The van der Waals surface area contributed by atoms with Crippen molar-refractivity contribution < 1.29 is 27.4 Å². The molecular weight excluding hydrogens is 107 g/mol. The van der Waals surface area contributed by atoms with E-state index in [-0.39, 0.29) is 44.7 Å². The molecule has 5 nitrogen and oxygen atoms in total. The van der Waals surface area contributed by atoms with E-state index in [0.29, 0.717) is 0 Å². The van der Waals surface area contributed by atoms with E-state index in [4.69, 9.17) is 0 Å². The van der Waals surface area contributed by atoms with Crippen molar-refractivity contribution in [3.05, 3.63) is 0 Å². The van der Waals surface area contributed by atoms with Crippen molar-refractivity contribution in [2.45, 2.75) is 0 Å². The van der Waals surface area contributed by atoms with Crippen LogP contribution in [0.2, 0.25) is 0 Å². The number of rotatable bonds is 0. The van der Waals surface area contributed by atoms with Crippen LogP contribution in [0.4, 0.5) is 0 Å². The van der Waals surface area contributed by atoms with Crippen LogP contribution in [-0.2, 0) is 5.48 Å². The molecule has 40 valence electrons. The molecule has 0 saturated carbocycles. The fourth-order valence-corrected chi connectivity index (χ4v) is 0. The first-order valence-electron chi connectivity index (χ1n) is 0. The van der Waals surface area contributed by atoms with Gasteiger partial charge in [-0.15, -0.1) is 0 Å². The summed E-state index contributed by atoms with van der Waals surface area (Å²) in [5.41, 5.74) is 0. The van der Waals surface area contributed by atoms with Gasteiger partial charge in [0.15, 0.2) is 0 Å². The third-order valence-electron chi connectivity index (χ3n) is 0. The Bertz CT molecular complexity index is 3.90. The van der Waals surface area contributed by atoms with Crippen LogP contribution in [-0.4, -0.2) is 39.3 Å². The Balaban J connectivity index is 0. The molecule has 6 heavy (non-hydrogen) atoms. The van der Waals surface area contributed by atoms with Crippen molar-refractivity contribution >= 4 is 17.4 Å². The second-order valence-electron chi connectivity index (χ2n) is 0. The van der Waals surface area contributed by atoms with E-state index in [9.17, 15) is 0 Å². The zero-order valence-electron chi connectivity index (χ0n) is 2.99. The van der Waals surface area contributed by atoms with Gasteiger partial charge in [0.2, 0.25) is 0 Å². The predicted molar refractivity (Wildman–Crippen MR) is 20.9 cm³/mol. The first-order chi connectivity index (χ1) is 0. The Morgan fingerprint density at radius 2 is 0.500 bits per heavy atom. The van der Waals surface area contributed by atoms with Gasteiger partial charge in [-0.2, -0.15) is 0 Å². The predicted octanol–water partition coefficient (Wildman–Crippen LogP) is -3.80. The van der Waals surface area contributed by atoms with E-state index in [1.165, 1.54) is 0 Å². The van der Waals surface area contributed by atoms with E-state index in [1.54, 1.807) is 0 Å². The van der Waals surface area contributed by atoms with Gasteiger partial charge in [-0.25, -0.2) is 0 Å². The molecule has 0 aliphatic carbocycles. The van der Waals surface area contributed by atoms with Crippen LogP contribution in [0.5, 0.6) is 0 Å². The van der Waals surface area contributed by atoms with Crippen molar-refractivity contribution in [3.8, 4) is 0 Å². The van der Waals surface area contributed by atoms with E-state index in [0.717, 1.165) is 0 Å². The summed E-state index contributed by atoms with van der Waals surface area (Å²) in [7, 11) is 0. The summed E-state index contributed by atoms with van der Waals surface area (Å²) in [6, 6.07) is 0. The zero-order chi connectivity index (χ0) is 0. The van der Waals surface area contributed by atoms with Crippen LogP contribution in [0.3, 0.4) is 0 Å². The molecule has 0 atom stereocenters. The second-order valence-corrected chi connectivity index (χ2v) is 0. The maximum atomic E-state index is 0. The van der Waals surface area contributed by atoms with Gasteiger partial charge < -0.3 is 27.4 Å². The molecule has 0 spiro atoms. The summed E-state index contributed by atoms with van der Waals surface area (Å²) < 4.78 is 0. The zero-order valence-corrected chi connectivity index (χ0v) is 4.14. The molecule has 0 bridgehead atoms. The van der Waals surface area contributed by atoms with Crippen LogP contribution in [0.15, 0.2) is 0 Å². The minimum absolute atomic E-state index is 0. The van der Waals surface area contributed by atoms with Gasteiger partial charge in [0.1, 0.15) is 0 Å². The fourth-order valence-electron chi connectivity index (χ4n) is 0. The molecule has 0 unspecified atom stereocenters. The number of hydrogen-bond acceptors (Lipinski definition) is 0. The standard InChI is InChI=1S/Al.4H2O.O/h;4*1H2;/q+3;;;;;-2. The Labute approximate surface area is 45.6 Å². The largest absolute Gasteiger partial charge is 3.00 e. The summed E-state index contributed by atoms with van der Waals surface area (Å²) >= 11 is 0. The van der Waals surface area contributed by atoms with Crippen molar-refractivity contribution in [2.75, 3.05) is 0 Å². The maximum Gasteiger partial charge on any atom is 3.00 e. The summed E-state index contributed by atoms with van der Waals surface area (Å²) in [6.07, 6.45) is 0. The second kappa shape index (κ2) is 906. The summed E-state index contributed by atoms with van der Waals surface area (Å²) in [4.78, 5) is 0. The van der Waals surface area contributed by atoms with Crippen molar-refractivity contribution in [3.63, 3.8) is 0 Å². The topological polar surface area (TPSA) is 154 Å². The third-order valence-corrected chi connectivity index (χ3v) is 0. The van der Waals surface area contributed by atoms with Crippen molar-refractivity contribution in [1.82, 2.24) is 0 Å². The van der Waals surface area contributed by atoms with E-state index < -0.39 is 0 Å².